The van der Waals surface area contributed by atoms with Gasteiger partial charge in [0.15, 0.2) is 6.61 Å². The lowest BCUT2D eigenvalue weighted by Crippen LogP contribution is -2.41. The van der Waals surface area contributed by atoms with Crippen LogP contribution in [-0.4, -0.2) is 24.5 Å². The van der Waals surface area contributed by atoms with Crippen molar-refractivity contribution in [3.8, 4) is 5.75 Å². The van der Waals surface area contributed by atoms with Crippen molar-refractivity contribution in [2.45, 2.75) is 32.9 Å². The summed E-state index contributed by atoms with van der Waals surface area (Å²) in [5.41, 5.74) is 11.7. The molecular formula is C15H24ClN3O3. The summed E-state index contributed by atoms with van der Waals surface area (Å²) in [6, 6.07) is 6.60. The molecule has 0 spiro atoms. The van der Waals surface area contributed by atoms with E-state index in [2.05, 4.69) is 5.32 Å². The van der Waals surface area contributed by atoms with E-state index in [-0.39, 0.29) is 24.9 Å². The second-order valence-corrected chi connectivity index (χ2v) is 5.36. The predicted molar refractivity (Wildman–Crippen MR) is 87.7 cm³/mol. The van der Waals surface area contributed by atoms with Crippen LogP contribution >= 0.6 is 12.4 Å². The summed E-state index contributed by atoms with van der Waals surface area (Å²) < 4.78 is 5.20. The molecule has 0 aliphatic heterocycles. The van der Waals surface area contributed by atoms with Crippen molar-refractivity contribution >= 4 is 24.2 Å². The van der Waals surface area contributed by atoms with Gasteiger partial charge in [-0.3, -0.25) is 9.59 Å². The first-order valence-electron chi connectivity index (χ1n) is 6.91. The van der Waals surface area contributed by atoms with E-state index >= 15 is 0 Å². The summed E-state index contributed by atoms with van der Waals surface area (Å²) in [5, 5.41) is 2.79. The van der Waals surface area contributed by atoms with E-state index in [9.17, 15) is 9.59 Å². The molecule has 1 aromatic rings. The molecule has 1 atom stereocenters. The average Bonchev–Trinajstić information content (AvgIpc) is 2.42. The van der Waals surface area contributed by atoms with Crippen molar-refractivity contribution in [3.63, 3.8) is 0 Å². The lowest BCUT2D eigenvalue weighted by Gasteiger charge is -2.14. The van der Waals surface area contributed by atoms with Crippen molar-refractivity contribution in [2.75, 3.05) is 6.61 Å². The quantitative estimate of drug-likeness (QED) is 0.660. The summed E-state index contributed by atoms with van der Waals surface area (Å²) in [5.74, 6) is 0.198. The Morgan fingerprint density at radius 2 is 2.00 bits per heavy atom. The number of carbonyl (C=O) groups excluding carboxylic acids is 2. The molecule has 0 saturated carbocycles. The Morgan fingerprint density at radius 1 is 1.32 bits per heavy atom. The third-order valence-corrected chi connectivity index (χ3v) is 2.81. The van der Waals surface area contributed by atoms with E-state index < -0.39 is 11.9 Å². The van der Waals surface area contributed by atoms with E-state index in [0.29, 0.717) is 24.6 Å². The van der Waals surface area contributed by atoms with Crippen LogP contribution in [0.15, 0.2) is 24.3 Å². The van der Waals surface area contributed by atoms with Gasteiger partial charge < -0.3 is 21.5 Å². The smallest absolute Gasteiger partial charge is 0.255 e. The fourth-order valence-electron chi connectivity index (χ4n) is 1.83. The SMILES string of the molecule is CC(C)C[C@H](N)C(=O)NCc1cccc(OCC(N)=O)c1.Cl. The van der Waals surface area contributed by atoms with Gasteiger partial charge in [0.25, 0.3) is 5.91 Å². The van der Waals surface area contributed by atoms with Gasteiger partial charge in [-0.25, -0.2) is 0 Å². The number of nitrogens with one attached hydrogen (secondary N) is 1. The maximum atomic E-state index is 11.8. The topological polar surface area (TPSA) is 107 Å². The van der Waals surface area contributed by atoms with Gasteiger partial charge in [-0.1, -0.05) is 26.0 Å². The minimum atomic E-state index is -0.534. The number of amides is 2. The zero-order chi connectivity index (χ0) is 15.8. The van der Waals surface area contributed by atoms with E-state index in [0.717, 1.165) is 5.56 Å². The van der Waals surface area contributed by atoms with Gasteiger partial charge in [0.05, 0.1) is 6.04 Å². The molecule has 22 heavy (non-hydrogen) atoms. The normalized spacial score (nSPS) is 11.5. The van der Waals surface area contributed by atoms with Crippen LogP contribution in [0.25, 0.3) is 0 Å². The van der Waals surface area contributed by atoms with Crippen molar-refractivity contribution in [3.05, 3.63) is 29.8 Å². The van der Waals surface area contributed by atoms with Crippen LogP contribution in [0.4, 0.5) is 0 Å². The Bertz CT molecular complexity index is 495. The van der Waals surface area contributed by atoms with Gasteiger partial charge in [-0.2, -0.15) is 0 Å². The first-order valence-corrected chi connectivity index (χ1v) is 6.91. The highest BCUT2D eigenvalue weighted by Crippen LogP contribution is 2.13. The second-order valence-electron chi connectivity index (χ2n) is 5.36. The molecule has 1 rings (SSSR count). The molecule has 6 nitrogen and oxygen atoms in total. The highest BCUT2D eigenvalue weighted by atomic mass is 35.5. The minimum absolute atomic E-state index is 0. The van der Waals surface area contributed by atoms with E-state index in [1.807, 2.05) is 19.9 Å². The lowest BCUT2D eigenvalue weighted by molar-refractivity contribution is -0.123. The van der Waals surface area contributed by atoms with Gasteiger partial charge >= 0.3 is 0 Å². The number of primary amides is 1. The Kier molecular flexibility index (Phi) is 9.21. The highest BCUT2D eigenvalue weighted by molar-refractivity contribution is 5.85. The molecular weight excluding hydrogens is 306 g/mol. The lowest BCUT2D eigenvalue weighted by atomic mass is 10.0. The van der Waals surface area contributed by atoms with Crippen LogP contribution in [0.3, 0.4) is 0 Å². The molecule has 0 radical (unpaired) electrons. The van der Waals surface area contributed by atoms with Gasteiger partial charge in [0.2, 0.25) is 5.91 Å². The van der Waals surface area contributed by atoms with Gasteiger partial charge in [-0.15, -0.1) is 12.4 Å². The molecule has 5 N–H and O–H groups in total. The molecule has 0 bridgehead atoms. The highest BCUT2D eigenvalue weighted by Gasteiger charge is 2.14. The maximum Gasteiger partial charge on any atom is 0.255 e. The minimum Gasteiger partial charge on any atom is -0.484 e. The van der Waals surface area contributed by atoms with Crippen molar-refractivity contribution in [1.29, 1.82) is 0 Å². The van der Waals surface area contributed by atoms with Gasteiger partial charge in [-0.05, 0) is 30.0 Å². The molecule has 1 aromatic carbocycles. The van der Waals surface area contributed by atoms with Crippen LogP contribution in [0.2, 0.25) is 0 Å². The van der Waals surface area contributed by atoms with Crippen LogP contribution in [0, 0.1) is 5.92 Å². The molecule has 124 valence electrons. The number of benzene rings is 1. The first-order chi connectivity index (χ1) is 9.88. The van der Waals surface area contributed by atoms with Crippen LogP contribution in [0.5, 0.6) is 5.75 Å². The summed E-state index contributed by atoms with van der Waals surface area (Å²) in [6.45, 7) is 4.23. The number of hydrogen-bond donors (Lipinski definition) is 3. The Labute approximate surface area is 137 Å². The maximum absolute atomic E-state index is 11.8. The number of ether oxygens (including phenoxy) is 1. The molecule has 0 heterocycles. The number of carbonyl (C=O) groups is 2. The fourth-order valence-corrected chi connectivity index (χ4v) is 1.83. The van der Waals surface area contributed by atoms with E-state index in [4.69, 9.17) is 16.2 Å². The molecule has 0 aromatic heterocycles. The molecule has 7 heteroatoms. The summed E-state index contributed by atoms with van der Waals surface area (Å²) in [6.07, 6.45) is 0.646. The number of rotatable bonds is 8. The van der Waals surface area contributed by atoms with Crippen molar-refractivity contribution < 1.29 is 14.3 Å². The summed E-state index contributed by atoms with van der Waals surface area (Å²) in [4.78, 5) is 22.5. The standard InChI is InChI=1S/C15H23N3O3.ClH/c1-10(2)6-13(16)15(20)18-8-11-4-3-5-12(7-11)21-9-14(17)19;/h3-5,7,10,13H,6,8-9,16H2,1-2H3,(H2,17,19)(H,18,20);1H/t13-;/m0./s1. The van der Waals surface area contributed by atoms with Crippen LogP contribution < -0.4 is 21.5 Å². The molecule has 0 unspecified atom stereocenters. The Morgan fingerprint density at radius 3 is 2.59 bits per heavy atom. The fraction of sp³-hybridized carbons (Fsp3) is 0.467. The molecule has 0 aliphatic carbocycles. The third-order valence-electron chi connectivity index (χ3n) is 2.81. The van der Waals surface area contributed by atoms with Crippen molar-refractivity contribution in [2.24, 2.45) is 17.4 Å². The summed E-state index contributed by atoms with van der Waals surface area (Å²) >= 11 is 0. The number of nitrogens with two attached hydrogens (primary N) is 2. The first kappa shape index (κ1) is 20.2. The zero-order valence-corrected chi connectivity index (χ0v) is 13.7. The Balaban J connectivity index is 0.00000441. The average molecular weight is 330 g/mol. The zero-order valence-electron chi connectivity index (χ0n) is 12.9. The van der Waals surface area contributed by atoms with Gasteiger partial charge in [0, 0.05) is 6.54 Å². The van der Waals surface area contributed by atoms with Crippen LogP contribution in [0.1, 0.15) is 25.8 Å². The number of hydrogen-bond acceptors (Lipinski definition) is 4. The van der Waals surface area contributed by atoms with E-state index in [1.54, 1.807) is 18.2 Å². The molecule has 0 saturated heterocycles. The Hall–Kier alpha value is -1.79. The van der Waals surface area contributed by atoms with Gasteiger partial charge in [0.1, 0.15) is 5.75 Å². The van der Waals surface area contributed by atoms with Crippen LogP contribution in [-0.2, 0) is 16.1 Å². The van der Waals surface area contributed by atoms with E-state index in [1.165, 1.54) is 0 Å². The molecule has 0 aliphatic rings. The molecule has 0 fully saturated rings. The monoisotopic (exact) mass is 329 g/mol. The van der Waals surface area contributed by atoms with Crippen molar-refractivity contribution in [1.82, 2.24) is 5.32 Å². The predicted octanol–water partition coefficient (Wildman–Crippen LogP) is 0.962. The second kappa shape index (κ2) is 10.0. The molecule has 2 amide bonds. The number of halogens is 1. The summed E-state index contributed by atoms with van der Waals surface area (Å²) in [7, 11) is 0. The largest absolute Gasteiger partial charge is 0.484 e. The third kappa shape index (κ3) is 7.85.